The van der Waals surface area contributed by atoms with Gasteiger partial charge in [0, 0.05) is 0 Å². The van der Waals surface area contributed by atoms with Gasteiger partial charge >= 0.3 is 0 Å². The van der Waals surface area contributed by atoms with Gasteiger partial charge in [-0.2, -0.15) is 0 Å². The highest BCUT2D eigenvalue weighted by molar-refractivity contribution is 5.83. The van der Waals surface area contributed by atoms with Crippen molar-refractivity contribution in [1.29, 1.82) is 0 Å². The minimum absolute atomic E-state index is 0.932. The van der Waals surface area contributed by atoms with Crippen LogP contribution in [0.5, 0.6) is 0 Å². The minimum Gasteiger partial charge on any atom is -0.103 e. The van der Waals surface area contributed by atoms with E-state index < -0.39 is 0 Å². The van der Waals surface area contributed by atoms with Crippen LogP contribution in [-0.2, 0) is 12.8 Å². The summed E-state index contributed by atoms with van der Waals surface area (Å²) in [6, 6.07) is 13.2. The van der Waals surface area contributed by atoms with Gasteiger partial charge in [0.05, 0.1) is 0 Å². The number of hydrogen-bond acceptors (Lipinski definition) is 0. The molecule has 0 aliphatic carbocycles. The molecule has 0 aliphatic heterocycles. The summed E-state index contributed by atoms with van der Waals surface area (Å²) in [6.07, 6.45) is 5.74. The zero-order chi connectivity index (χ0) is 11.4. The molecular formula is C16H16. The molecule has 0 bridgehead atoms. The lowest BCUT2D eigenvalue weighted by molar-refractivity contribution is 1.27. The fraction of sp³-hybridized carbons (Fsp3) is 0.125. The van der Waals surface area contributed by atoms with E-state index in [1.54, 1.807) is 0 Å². The van der Waals surface area contributed by atoms with E-state index in [2.05, 4.69) is 49.6 Å². The molecule has 2 aromatic rings. The number of benzene rings is 2. The second kappa shape index (κ2) is 4.80. The van der Waals surface area contributed by atoms with Crippen molar-refractivity contribution in [2.45, 2.75) is 12.8 Å². The van der Waals surface area contributed by atoms with Gasteiger partial charge in [0.25, 0.3) is 0 Å². The second-order valence-electron chi connectivity index (χ2n) is 4.00. The second-order valence-corrected chi connectivity index (χ2v) is 4.00. The molecule has 16 heavy (non-hydrogen) atoms. The van der Waals surface area contributed by atoms with Gasteiger partial charge in [-0.15, -0.1) is 13.2 Å². The summed E-state index contributed by atoms with van der Waals surface area (Å²) >= 11 is 0. The Balaban J connectivity index is 2.47. The van der Waals surface area contributed by atoms with Gasteiger partial charge in [0.1, 0.15) is 0 Å². The molecule has 0 aromatic heterocycles. The molecule has 2 rings (SSSR count). The molecule has 0 spiro atoms. The van der Waals surface area contributed by atoms with Crippen molar-refractivity contribution in [3.8, 4) is 0 Å². The molecule has 80 valence electrons. The summed E-state index contributed by atoms with van der Waals surface area (Å²) in [7, 11) is 0. The van der Waals surface area contributed by atoms with Crippen LogP contribution in [0.3, 0.4) is 0 Å². The predicted molar refractivity (Wildman–Crippen MR) is 71.8 cm³/mol. The molecule has 0 fully saturated rings. The molecule has 0 atom stereocenters. The first-order valence-electron chi connectivity index (χ1n) is 5.57. The molecular weight excluding hydrogens is 192 g/mol. The first-order valence-corrected chi connectivity index (χ1v) is 5.57. The van der Waals surface area contributed by atoms with Crippen molar-refractivity contribution >= 4 is 10.8 Å². The Kier molecular flexibility index (Phi) is 3.21. The van der Waals surface area contributed by atoms with Crippen LogP contribution in [0.15, 0.2) is 61.7 Å². The Hall–Kier alpha value is -1.82. The van der Waals surface area contributed by atoms with Crippen LogP contribution in [0.2, 0.25) is 0 Å². The van der Waals surface area contributed by atoms with Crippen LogP contribution in [0.4, 0.5) is 0 Å². The van der Waals surface area contributed by atoms with Crippen LogP contribution in [0.1, 0.15) is 11.1 Å². The maximum atomic E-state index is 3.77. The highest BCUT2D eigenvalue weighted by Gasteiger charge is 1.97. The van der Waals surface area contributed by atoms with Gasteiger partial charge in [0.2, 0.25) is 0 Å². The predicted octanol–water partition coefficient (Wildman–Crippen LogP) is 4.30. The Bertz CT molecular complexity index is 476. The summed E-state index contributed by atoms with van der Waals surface area (Å²) < 4.78 is 0. The topological polar surface area (TPSA) is 0 Å². The molecule has 0 N–H and O–H groups in total. The SMILES string of the molecule is C=CCc1ccc2ccc(CC=C)cc2c1. The molecule has 0 saturated carbocycles. The lowest BCUT2D eigenvalue weighted by Gasteiger charge is -2.03. The van der Waals surface area contributed by atoms with Crippen LogP contribution in [0.25, 0.3) is 10.8 Å². The summed E-state index contributed by atoms with van der Waals surface area (Å²) in [5, 5.41) is 2.60. The average molecular weight is 208 g/mol. The van der Waals surface area contributed by atoms with E-state index in [1.807, 2.05) is 12.2 Å². The largest absolute Gasteiger partial charge is 0.103 e. The Morgan fingerprint density at radius 3 is 1.69 bits per heavy atom. The zero-order valence-electron chi connectivity index (χ0n) is 9.45. The Labute approximate surface area is 96.9 Å². The van der Waals surface area contributed by atoms with Gasteiger partial charge < -0.3 is 0 Å². The van der Waals surface area contributed by atoms with Crippen LogP contribution in [-0.4, -0.2) is 0 Å². The number of allylic oxidation sites excluding steroid dienone is 2. The molecule has 2 aromatic carbocycles. The van der Waals surface area contributed by atoms with Crippen molar-refractivity contribution in [3.05, 3.63) is 72.8 Å². The smallest absolute Gasteiger partial charge is 0.00999 e. The van der Waals surface area contributed by atoms with E-state index >= 15 is 0 Å². The fourth-order valence-electron chi connectivity index (χ4n) is 1.93. The van der Waals surface area contributed by atoms with Crippen molar-refractivity contribution in [1.82, 2.24) is 0 Å². The van der Waals surface area contributed by atoms with Crippen LogP contribution < -0.4 is 0 Å². The zero-order valence-corrected chi connectivity index (χ0v) is 9.45. The third kappa shape index (κ3) is 2.22. The van der Waals surface area contributed by atoms with Gasteiger partial charge in [-0.25, -0.2) is 0 Å². The molecule has 0 radical (unpaired) electrons. The quantitative estimate of drug-likeness (QED) is 0.657. The average Bonchev–Trinajstić information content (AvgIpc) is 2.29. The van der Waals surface area contributed by atoms with Gasteiger partial charge in [0.15, 0.2) is 0 Å². The summed E-state index contributed by atoms with van der Waals surface area (Å²) in [4.78, 5) is 0. The highest BCUT2D eigenvalue weighted by Crippen LogP contribution is 2.19. The van der Waals surface area contributed by atoms with Crippen molar-refractivity contribution < 1.29 is 0 Å². The minimum atomic E-state index is 0.932. The first-order chi connectivity index (χ1) is 7.83. The third-order valence-electron chi connectivity index (χ3n) is 2.73. The molecule has 0 saturated heterocycles. The van der Waals surface area contributed by atoms with Gasteiger partial charge in [-0.05, 0) is 34.7 Å². The highest BCUT2D eigenvalue weighted by atomic mass is 14.0. The van der Waals surface area contributed by atoms with Crippen molar-refractivity contribution in [3.63, 3.8) is 0 Å². The Morgan fingerprint density at radius 1 is 0.750 bits per heavy atom. The molecule has 0 heteroatoms. The number of rotatable bonds is 4. The van der Waals surface area contributed by atoms with Gasteiger partial charge in [-0.3, -0.25) is 0 Å². The molecule has 0 nitrogen and oxygen atoms in total. The summed E-state index contributed by atoms with van der Waals surface area (Å²) in [5.41, 5.74) is 2.64. The molecule has 0 aliphatic rings. The van der Waals surface area contributed by atoms with E-state index in [9.17, 15) is 0 Å². The lowest BCUT2D eigenvalue weighted by Crippen LogP contribution is -1.84. The molecule has 0 unspecified atom stereocenters. The monoisotopic (exact) mass is 208 g/mol. The van der Waals surface area contributed by atoms with E-state index in [1.165, 1.54) is 21.9 Å². The van der Waals surface area contributed by atoms with Crippen LogP contribution >= 0.6 is 0 Å². The van der Waals surface area contributed by atoms with Gasteiger partial charge in [-0.1, -0.05) is 48.6 Å². The molecule has 0 amide bonds. The third-order valence-corrected chi connectivity index (χ3v) is 2.73. The number of hydrogen-bond donors (Lipinski definition) is 0. The van der Waals surface area contributed by atoms with Crippen molar-refractivity contribution in [2.75, 3.05) is 0 Å². The fourth-order valence-corrected chi connectivity index (χ4v) is 1.93. The Morgan fingerprint density at radius 2 is 1.25 bits per heavy atom. The summed E-state index contributed by atoms with van der Waals surface area (Å²) in [5.74, 6) is 0. The summed E-state index contributed by atoms with van der Waals surface area (Å²) in [6.45, 7) is 7.54. The number of fused-ring (bicyclic) bond motifs is 1. The van der Waals surface area contributed by atoms with E-state index in [4.69, 9.17) is 0 Å². The van der Waals surface area contributed by atoms with E-state index in [-0.39, 0.29) is 0 Å². The normalized spacial score (nSPS) is 10.2. The van der Waals surface area contributed by atoms with E-state index in [0.29, 0.717) is 0 Å². The maximum absolute atomic E-state index is 3.77. The first kappa shape index (κ1) is 10.7. The molecule has 0 heterocycles. The maximum Gasteiger partial charge on any atom is -0.00999 e. The van der Waals surface area contributed by atoms with Crippen LogP contribution in [0, 0.1) is 0 Å². The standard InChI is InChI=1S/C16H16/c1-3-5-13-7-9-15-10-8-14(6-4-2)12-16(15)11-13/h3-4,7-12H,1-2,5-6H2. The van der Waals surface area contributed by atoms with Crippen molar-refractivity contribution in [2.24, 2.45) is 0 Å². The van der Waals surface area contributed by atoms with E-state index in [0.717, 1.165) is 12.8 Å². The lowest BCUT2D eigenvalue weighted by atomic mass is 10.0.